The second-order valence-corrected chi connectivity index (χ2v) is 6.46. The molecule has 26 heavy (non-hydrogen) atoms. The highest BCUT2D eigenvalue weighted by molar-refractivity contribution is 5.82. The Morgan fingerprint density at radius 3 is 2.54 bits per heavy atom. The number of fused-ring (bicyclic) bond motifs is 1. The fourth-order valence-electron chi connectivity index (χ4n) is 3.14. The number of rotatable bonds is 4. The highest BCUT2D eigenvalue weighted by atomic mass is 15.1. The minimum Gasteiger partial charge on any atom is -0.340 e. The van der Waals surface area contributed by atoms with Crippen LogP contribution in [0.5, 0.6) is 0 Å². The number of H-pyrrole nitrogens is 1. The van der Waals surface area contributed by atoms with Crippen molar-refractivity contribution >= 4 is 34.0 Å². The lowest BCUT2D eigenvalue weighted by atomic mass is 10.1. The Balaban J connectivity index is 1.58. The van der Waals surface area contributed by atoms with Crippen LogP contribution >= 0.6 is 0 Å². The molecule has 0 amide bonds. The van der Waals surface area contributed by atoms with Gasteiger partial charge < -0.3 is 10.6 Å². The smallest absolute Gasteiger partial charge is 0.229 e. The van der Waals surface area contributed by atoms with Gasteiger partial charge in [0.05, 0.1) is 11.7 Å². The first-order valence-corrected chi connectivity index (χ1v) is 8.46. The molecule has 4 rings (SSSR count). The minimum absolute atomic E-state index is 0.542. The fourth-order valence-corrected chi connectivity index (χ4v) is 3.14. The topological polar surface area (TPSA) is 78.5 Å². The molecular weight excluding hydrogens is 324 g/mol. The molecule has 2 aromatic carbocycles. The van der Waals surface area contributed by atoms with Crippen molar-refractivity contribution in [3.8, 4) is 0 Å². The first-order chi connectivity index (χ1) is 12.6. The number of hydrogen-bond donors (Lipinski definition) is 3. The van der Waals surface area contributed by atoms with E-state index >= 15 is 0 Å². The molecule has 6 heteroatoms. The number of nitrogens with one attached hydrogen (secondary N) is 3. The van der Waals surface area contributed by atoms with Gasteiger partial charge in [0.25, 0.3) is 0 Å². The number of aromatic nitrogens is 4. The van der Waals surface area contributed by atoms with Crippen LogP contribution in [0, 0.1) is 20.8 Å². The zero-order chi connectivity index (χ0) is 18.1. The molecule has 2 aromatic heterocycles. The Labute approximate surface area is 151 Å². The first kappa shape index (κ1) is 16.1. The molecule has 0 spiro atoms. The normalized spacial score (nSPS) is 10.9. The van der Waals surface area contributed by atoms with Gasteiger partial charge in [-0.05, 0) is 56.2 Å². The number of anilines is 4. The fraction of sp³-hybridized carbons (Fsp3) is 0.150. The molecule has 0 radical (unpaired) electrons. The van der Waals surface area contributed by atoms with Gasteiger partial charge in [0.1, 0.15) is 5.82 Å². The summed E-state index contributed by atoms with van der Waals surface area (Å²) in [5, 5.41) is 14.7. The summed E-state index contributed by atoms with van der Waals surface area (Å²) in [6, 6.07) is 12.1. The van der Waals surface area contributed by atoms with E-state index in [1.54, 1.807) is 12.4 Å². The van der Waals surface area contributed by atoms with E-state index in [0.29, 0.717) is 5.95 Å². The molecular formula is C20H20N6. The van der Waals surface area contributed by atoms with Crippen LogP contribution in [-0.4, -0.2) is 20.2 Å². The average Bonchev–Trinajstić information content (AvgIpc) is 3.06. The van der Waals surface area contributed by atoms with E-state index in [-0.39, 0.29) is 0 Å². The third-order valence-electron chi connectivity index (χ3n) is 4.28. The summed E-state index contributed by atoms with van der Waals surface area (Å²) < 4.78 is 0. The first-order valence-electron chi connectivity index (χ1n) is 8.46. The molecule has 6 nitrogen and oxygen atoms in total. The van der Waals surface area contributed by atoms with Crippen LogP contribution in [0.25, 0.3) is 10.9 Å². The van der Waals surface area contributed by atoms with Crippen LogP contribution in [0.1, 0.15) is 16.7 Å². The van der Waals surface area contributed by atoms with E-state index in [9.17, 15) is 0 Å². The zero-order valence-corrected chi connectivity index (χ0v) is 15.0. The molecule has 0 aliphatic rings. The Morgan fingerprint density at radius 1 is 0.923 bits per heavy atom. The van der Waals surface area contributed by atoms with E-state index in [0.717, 1.165) is 28.1 Å². The van der Waals surface area contributed by atoms with Crippen molar-refractivity contribution < 1.29 is 0 Å². The molecule has 0 bridgehead atoms. The maximum atomic E-state index is 4.58. The van der Waals surface area contributed by atoms with Crippen LogP contribution in [0.2, 0.25) is 0 Å². The second-order valence-electron chi connectivity index (χ2n) is 6.46. The number of aryl methyl sites for hydroxylation is 3. The van der Waals surface area contributed by atoms with Crippen molar-refractivity contribution in [2.75, 3.05) is 10.6 Å². The Morgan fingerprint density at radius 2 is 1.73 bits per heavy atom. The van der Waals surface area contributed by atoms with Crippen LogP contribution in [0.15, 0.2) is 48.8 Å². The Bertz CT molecular complexity index is 1060. The molecule has 3 N–H and O–H groups in total. The lowest BCUT2D eigenvalue weighted by Gasteiger charge is -2.14. The van der Waals surface area contributed by atoms with E-state index in [2.05, 4.69) is 63.7 Å². The number of nitrogens with zero attached hydrogens (tertiary/aromatic N) is 3. The highest BCUT2D eigenvalue weighted by Crippen LogP contribution is 2.26. The van der Waals surface area contributed by atoms with Crippen molar-refractivity contribution in [3.05, 3.63) is 65.5 Å². The molecule has 0 unspecified atom stereocenters. The predicted molar refractivity (Wildman–Crippen MR) is 105 cm³/mol. The van der Waals surface area contributed by atoms with Crippen molar-refractivity contribution in [3.63, 3.8) is 0 Å². The van der Waals surface area contributed by atoms with Gasteiger partial charge >= 0.3 is 0 Å². The molecule has 0 aliphatic carbocycles. The SMILES string of the molecule is Cc1cc(C)c(Nc2ccnc(Nc3ccc4[nH]ncc4c3)n2)c(C)c1. The van der Waals surface area contributed by atoms with Gasteiger partial charge in [-0.3, -0.25) is 5.10 Å². The standard InChI is InChI=1S/C20H20N6/c1-12-8-13(2)19(14(3)9-12)24-18-6-7-21-20(25-18)23-16-4-5-17-15(10-16)11-22-26-17/h4-11H,1-3H3,(H,22,26)(H2,21,23,24,25). The van der Waals surface area contributed by atoms with Crippen LogP contribution < -0.4 is 10.6 Å². The quantitative estimate of drug-likeness (QED) is 0.497. The van der Waals surface area contributed by atoms with Gasteiger partial charge in [0.2, 0.25) is 5.95 Å². The molecule has 130 valence electrons. The predicted octanol–water partition coefficient (Wildman–Crippen LogP) is 4.77. The largest absolute Gasteiger partial charge is 0.340 e. The second kappa shape index (κ2) is 6.48. The third kappa shape index (κ3) is 3.21. The van der Waals surface area contributed by atoms with Crippen LogP contribution in [-0.2, 0) is 0 Å². The van der Waals surface area contributed by atoms with Crippen LogP contribution in [0.4, 0.5) is 23.1 Å². The van der Waals surface area contributed by atoms with Crippen molar-refractivity contribution in [2.45, 2.75) is 20.8 Å². The van der Waals surface area contributed by atoms with Gasteiger partial charge in [-0.15, -0.1) is 0 Å². The summed E-state index contributed by atoms with van der Waals surface area (Å²) in [5.74, 6) is 1.29. The zero-order valence-electron chi connectivity index (χ0n) is 15.0. The Kier molecular flexibility index (Phi) is 4.01. The summed E-state index contributed by atoms with van der Waals surface area (Å²) in [7, 11) is 0. The molecule has 2 heterocycles. The van der Waals surface area contributed by atoms with Gasteiger partial charge in [0.15, 0.2) is 0 Å². The van der Waals surface area contributed by atoms with Crippen molar-refractivity contribution in [2.24, 2.45) is 0 Å². The summed E-state index contributed by atoms with van der Waals surface area (Å²) >= 11 is 0. The van der Waals surface area contributed by atoms with E-state index < -0.39 is 0 Å². The van der Waals surface area contributed by atoms with E-state index in [1.165, 1.54) is 16.7 Å². The molecule has 0 aliphatic heterocycles. The van der Waals surface area contributed by atoms with Gasteiger partial charge in [-0.25, -0.2) is 4.98 Å². The molecule has 0 fully saturated rings. The van der Waals surface area contributed by atoms with Gasteiger partial charge in [-0.1, -0.05) is 17.7 Å². The monoisotopic (exact) mass is 344 g/mol. The molecule has 0 saturated carbocycles. The van der Waals surface area contributed by atoms with Crippen molar-refractivity contribution in [1.82, 2.24) is 20.2 Å². The molecule has 4 aromatic rings. The number of hydrogen-bond acceptors (Lipinski definition) is 5. The summed E-state index contributed by atoms with van der Waals surface area (Å²) in [4.78, 5) is 8.90. The summed E-state index contributed by atoms with van der Waals surface area (Å²) in [6.07, 6.45) is 3.54. The van der Waals surface area contributed by atoms with E-state index in [1.807, 2.05) is 24.3 Å². The van der Waals surface area contributed by atoms with Gasteiger partial charge in [-0.2, -0.15) is 10.1 Å². The minimum atomic E-state index is 0.542. The maximum Gasteiger partial charge on any atom is 0.229 e. The summed E-state index contributed by atoms with van der Waals surface area (Å²) in [5.41, 5.74) is 6.64. The van der Waals surface area contributed by atoms with Crippen molar-refractivity contribution in [1.29, 1.82) is 0 Å². The lowest BCUT2D eigenvalue weighted by Crippen LogP contribution is -2.02. The number of benzene rings is 2. The molecule has 0 saturated heterocycles. The highest BCUT2D eigenvalue weighted by Gasteiger charge is 2.07. The summed E-state index contributed by atoms with van der Waals surface area (Å²) in [6.45, 7) is 6.30. The average molecular weight is 344 g/mol. The van der Waals surface area contributed by atoms with E-state index in [4.69, 9.17) is 0 Å². The molecule has 0 atom stereocenters. The van der Waals surface area contributed by atoms with Crippen LogP contribution in [0.3, 0.4) is 0 Å². The lowest BCUT2D eigenvalue weighted by molar-refractivity contribution is 1.12. The Hall–Kier alpha value is -3.41. The maximum absolute atomic E-state index is 4.58. The van der Waals surface area contributed by atoms with Gasteiger partial charge in [0, 0.05) is 23.0 Å². The third-order valence-corrected chi connectivity index (χ3v) is 4.28. The number of aromatic amines is 1.